The number of fused-ring (bicyclic) bond motifs is 1. The molecule has 0 radical (unpaired) electrons. The zero-order valence-corrected chi connectivity index (χ0v) is 20.3. The van der Waals surface area contributed by atoms with E-state index in [0.717, 1.165) is 61.1 Å². The minimum Gasteiger partial charge on any atom is -0.351 e. The molecule has 1 aromatic heterocycles. The molecular formula is C25H26Cl2N6O. The Kier molecular flexibility index (Phi) is 6.34. The lowest BCUT2D eigenvalue weighted by Crippen LogP contribution is -2.52. The summed E-state index contributed by atoms with van der Waals surface area (Å²) >= 11 is 12.4. The number of hydrogen-bond donors (Lipinski definition) is 1. The van der Waals surface area contributed by atoms with Gasteiger partial charge >= 0.3 is 6.03 Å². The van der Waals surface area contributed by atoms with E-state index < -0.39 is 0 Å². The van der Waals surface area contributed by atoms with Gasteiger partial charge in [0, 0.05) is 42.8 Å². The molecule has 1 saturated heterocycles. The van der Waals surface area contributed by atoms with Crippen molar-refractivity contribution in [1.29, 1.82) is 0 Å². The second-order valence-electron chi connectivity index (χ2n) is 8.83. The molecule has 1 atom stereocenters. The highest BCUT2D eigenvalue weighted by Crippen LogP contribution is 2.31. The second-order valence-corrected chi connectivity index (χ2v) is 9.67. The Labute approximate surface area is 208 Å². The second kappa shape index (κ2) is 9.41. The Balaban J connectivity index is 1.37. The monoisotopic (exact) mass is 496 g/mol. The molecule has 0 saturated carbocycles. The van der Waals surface area contributed by atoms with Gasteiger partial charge in [-0.3, -0.25) is 4.90 Å². The lowest BCUT2D eigenvalue weighted by Gasteiger charge is -2.40. The van der Waals surface area contributed by atoms with Crippen LogP contribution in [0.25, 0.3) is 22.3 Å². The van der Waals surface area contributed by atoms with Crippen LogP contribution in [0.15, 0.2) is 49.1 Å². The van der Waals surface area contributed by atoms with E-state index in [0.29, 0.717) is 28.3 Å². The Morgan fingerprint density at radius 1 is 1.15 bits per heavy atom. The number of likely N-dealkylation sites (tertiary alicyclic amines) is 1. The number of rotatable bonds is 4. The van der Waals surface area contributed by atoms with Crippen LogP contribution in [0.4, 0.5) is 4.79 Å². The maximum Gasteiger partial charge on any atom is 0.314 e. The summed E-state index contributed by atoms with van der Waals surface area (Å²) in [4.78, 5) is 15.8. The van der Waals surface area contributed by atoms with Gasteiger partial charge in [0.1, 0.15) is 5.52 Å². The summed E-state index contributed by atoms with van der Waals surface area (Å²) in [7, 11) is 0. The van der Waals surface area contributed by atoms with E-state index in [9.17, 15) is 4.79 Å². The maximum atomic E-state index is 11.6. The first-order valence-corrected chi connectivity index (χ1v) is 12.1. The van der Waals surface area contributed by atoms with Crippen molar-refractivity contribution >= 4 is 51.5 Å². The van der Waals surface area contributed by atoms with Gasteiger partial charge < -0.3 is 10.6 Å². The van der Waals surface area contributed by atoms with Crippen molar-refractivity contribution in [2.75, 3.05) is 26.2 Å². The summed E-state index contributed by atoms with van der Waals surface area (Å²) in [6.45, 7) is 7.48. The van der Waals surface area contributed by atoms with Gasteiger partial charge in [0.25, 0.3) is 0 Å². The molecule has 1 unspecified atom stereocenters. The molecule has 2 aliphatic heterocycles. The highest BCUT2D eigenvalue weighted by Gasteiger charge is 2.28. The number of carbonyl (C=O) groups excluding carboxylic acids is 1. The number of urea groups is 1. The largest absolute Gasteiger partial charge is 0.351 e. The van der Waals surface area contributed by atoms with E-state index in [2.05, 4.69) is 40.0 Å². The number of nitrogens with zero attached hydrogens (tertiary/aromatic N) is 5. The van der Waals surface area contributed by atoms with Crippen molar-refractivity contribution in [1.82, 2.24) is 24.8 Å². The van der Waals surface area contributed by atoms with Crippen molar-refractivity contribution in [3.63, 3.8) is 0 Å². The average Bonchev–Trinajstić information content (AvgIpc) is 3.27. The van der Waals surface area contributed by atoms with Gasteiger partial charge in [0.05, 0.1) is 16.2 Å². The van der Waals surface area contributed by atoms with Crippen LogP contribution in [-0.2, 0) is 0 Å². The molecule has 5 rings (SSSR count). The quantitative estimate of drug-likeness (QED) is 0.557. The smallest absolute Gasteiger partial charge is 0.314 e. The molecule has 2 aromatic carbocycles. The topological polar surface area (TPSA) is 80.3 Å². The van der Waals surface area contributed by atoms with Crippen molar-refractivity contribution in [3.8, 4) is 0 Å². The molecule has 9 heteroatoms. The van der Waals surface area contributed by atoms with Crippen molar-refractivity contribution in [2.24, 2.45) is 5.73 Å². The summed E-state index contributed by atoms with van der Waals surface area (Å²) in [5, 5.41) is 9.72. The zero-order chi connectivity index (χ0) is 23.8. The number of carbonyl (C=O) groups is 1. The molecule has 3 heterocycles. The van der Waals surface area contributed by atoms with Gasteiger partial charge in [0.15, 0.2) is 0 Å². The lowest BCUT2D eigenvalue weighted by molar-refractivity contribution is 0.120. The van der Waals surface area contributed by atoms with Crippen LogP contribution in [0.3, 0.4) is 0 Å². The van der Waals surface area contributed by atoms with E-state index >= 15 is 0 Å². The third-order valence-corrected chi connectivity index (χ3v) is 7.33. The summed E-state index contributed by atoms with van der Waals surface area (Å²) in [6, 6.07) is 11.6. The molecule has 34 heavy (non-hydrogen) atoms. The molecule has 1 fully saturated rings. The third-order valence-electron chi connectivity index (χ3n) is 6.78. The molecule has 176 valence electrons. The van der Waals surface area contributed by atoms with Gasteiger partial charge in [-0.25, -0.2) is 9.48 Å². The van der Waals surface area contributed by atoms with Crippen LogP contribution < -0.4 is 5.73 Å². The maximum absolute atomic E-state index is 11.6. The summed E-state index contributed by atoms with van der Waals surface area (Å²) in [5.74, 6) is 0. The Morgan fingerprint density at radius 2 is 2.00 bits per heavy atom. The first kappa shape index (κ1) is 22.9. The van der Waals surface area contributed by atoms with Crippen LogP contribution in [-0.4, -0.2) is 63.0 Å². The van der Waals surface area contributed by atoms with Crippen LogP contribution >= 0.6 is 23.2 Å². The number of hydrogen-bond acceptors (Lipinski definition) is 4. The Morgan fingerprint density at radius 3 is 2.74 bits per heavy atom. The summed E-state index contributed by atoms with van der Waals surface area (Å²) < 4.78 is 1.73. The predicted molar refractivity (Wildman–Crippen MR) is 137 cm³/mol. The summed E-state index contributed by atoms with van der Waals surface area (Å²) in [6.07, 6.45) is 5.31. The van der Waals surface area contributed by atoms with E-state index in [1.54, 1.807) is 21.7 Å². The number of primary amides is 1. The van der Waals surface area contributed by atoms with E-state index in [1.807, 2.05) is 12.1 Å². The normalized spacial score (nSPS) is 19.3. The fourth-order valence-corrected chi connectivity index (χ4v) is 5.40. The van der Waals surface area contributed by atoms with Crippen LogP contribution in [0.2, 0.25) is 10.0 Å². The fourth-order valence-electron chi connectivity index (χ4n) is 4.89. The van der Waals surface area contributed by atoms with Crippen LogP contribution in [0.1, 0.15) is 30.4 Å². The predicted octanol–water partition coefficient (Wildman–Crippen LogP) is 4.89. The van der Waals surface area contributed by atoms with Crippen molar-refractivity contribution < 1.29 is 4.79 Å². The number of benzene rings is 2. The van der Waals surface area contributed by atoms with Gasteiger partial charge in [0.2, 0.25) is 0 Å². The molecule has 3 aromatic rings. The van der Waals surface area contributed by atoms with Gasteiger partial charge in [-0.15, -0.1) is 5.10 Å². The molecule has 0 aliphatic carbocycles. The van der Waals surface area contributed by atoms with E-state index in [-0.39, 0.29) is 6.03 Å². The molecule has 7 nitrogen and oxygen atoms in total. The number of piperidine rings is 1. The highest BCUT2D eigenvalue weighted by molar-refractivity contribution is 6.35. The fraction of sp³-hybridized carbons (Fsp3) is 0.320. The molecule has 0 spiro atoms. The number of halogens is 2. The molecular weight excluding hydrogens is 471 g/mol. The first-order valence-electron chi connectivity index (χ1n) is 11.4. The Hall–Kier alpha value is -2.87. The van der Waals surface area contributed by atoms with Crippen molar-refractivity contribution in [2.45, 2.75) is 25.3 Å². The van der Waals surface area contributed by atoms with Gasteiger partial charge in [-0.05, 0) is 60.7 Å². The SMILES string of the molecule is C=C(c1ccc(Cl)cc1Cl)n1nnc2ccc(C3=CCN(C4CCCN(C(N)=O)C4)CC3)cc21. The first-order chi connectivity index (χ1) is 16.4. The molecule has 0 bridgehead atoms. The van der Waals surface area contributed by atoms with Crippen LogP contribution in [0, 0.1) is 0 Å². The standard InChI is InChI=1S/C25H26Cl2N6O/c1-16(21-6-5-19(26)14-22(21)27)33-24-13-18(4-7-23(24)29-30-33)17-8-11-31(12-9-17)20-3-2-10-32(15-20)25(28)34/h4-8,13-14,20H,1-3,9-12,15H2,(H2,28,34). The van der Waals surface area contributed by atoms with E-state index in [1.165, 1.54) is 5.57 Å². The lowest BCUT2D eigenvalue weighted by atomic mass is 9.96. The minimum absolute atomic E-state index is 0.321. The third kappa shape index (κ3) is 4.43. The van der Waals surface area contributed by atoms with Crippen molar-refractivity contribution in [3.05, 3.63) is 70.2 Å². The molecule has 2 N–H and O–H groups in total. The van der Waals surface area contributed by atoms with Gasteiger partial charge in [-0.2, -0.15) is 0 Å². The number of nitrogens with two attached hydrogens (primary N) is 1. The summed E-state index contributed by atoms with van der Waals surface area (Å²) in [5.41, 5.74) is 11.0. The highest BCUT2D eigenvalue weighted by atomic mass is 35.5. The molecule has 2 amide bonds. The van der Waals surface area contributed by atoms with Gasteiger partial charge in [-0.1, -0.05) is 47.1 Å². The average molecular weight is 497 g/mol. The minimum atomic E-state index is -0.321. The number of amides is 2. The van der Waals surface area contributed by atoms with Crippen LogP contribution in [0.5, 0.6) is 0 Å². The zero-order valence-electron chi connectivity index (χ0n) is 18.8. The Bertz CT molecular complexity index is 1300. The number of aromatic nitrogens is 3. The molecule has 2 aliphatic rings. The van der Waals surface area contributed by atoms with E-state index in [4.69, 9.17) is 28.9 Å².